The van der Waals surface area contributed by atoms with Crippen LogP contribution in [0.3, 0.4) is 0 Å². The number of nitrogens with one attached hydrogen (secondary N) is 1. The maximum Gasteiger partial charge on any atom is 0.226 e. The van der Waals surface area contributed by atoms with E-state index in [1.807, 2.05) is 19.0 Å². The Morgan fingerprint density at radius 3 is 2.77 bits per heavy atom. The van der Waals surface area contributed by atoms with Gasteiger partial charge in [0.25, 0.3) is 0 Å². The highest BCUT2D eigenvalue weighted by Crippen LogP contribution is 2.29. The molecule has 7 heteroatoms. The number of anilines is 1. The number of aromatic nitrogens is 2. The highest BCUT2D eigenvalue weighted by atomic mass is 35.5. The lowest BCUT2D eigenvalue weighted by Crippen LogP contribution is -2.28. The topological polar surface area (TPSA) is 50.3 Å². The van der Waals surface area contributed by atoms with Crippen LogP contribution >= 0.6 is 11.6 Å². The maximum absolute atomic E-state index is 14.1. The molecule has 0 amide bonds. The predicted octanol–water partition coefficient (Wildman–Crippen LogP) is 2.99. The van der Waals surface area contributed by atoms with E-state index in [0.717, 1.165) is 0 Å². The Bertz CT molecular complexity index is 618. The van der Waals surface area contributed by atoms with Crippen molar-refractivity contribution in [2.75, 3.05) is 33.1 Å². The second-order valence-corrected chi connectivity index (χ2v) is 5.33. The lowest BCUT2D eigenvalue weighted by molar-refractivity contribution is 0.303. The van der Waals surface area contributed by atoms with Crippen LogP contribution in [0.15, 0.2) is 30.5 Å². The second-order valence-electron chi connectivity index (χ2n) is 4.92. The molecule has 0 saturated heterocycles. The van der Waals surface area contributed by atoms with Crippen LogP contribution in [-0.4, -0.2) is 42.6 Å². The van der Waals surface area contributed by atoms with Crippen molar-refractivity contribution < 1.29 is 9.13 Å². The molecule has 1 atom stereocenters. The number of rotatable bonds is 6. The predicted molar refractivity (Wildman–Crippen MR) is 84.9 cm³/mol. The first-order valence-electron chi connectivity index (χ1n) is 6.74. The van der Waals surface area contributed by atoms with Gasteiger partial charge in [-0.1, -0.05) is 17.7 Å². The summed E-state index contributed by atoms with van der Waals surface area (Å²) in [6.45, 7) is 0.404. The highest BCUT2D eigenvalue weighted by Gasteiger charge is 2.21. The molecule has 0 saturated carbocycles. The molecule has 0 spiro atoms. The minimum Gasteiger partial charge on any atom is -0.481 e. The molecule has 22 heavy (non-hydrogen) atoms. The normalized spacial score (nSPS) is 12.3. The van der Waals surface area contributed by atoms with Gasteiger partial charge in [-0.15, -0.1) is 0 Å². The van der Waals surface area contributed by atoms with Gasteiger partial charge in [0.05, 0.1) is 13.2 Å². The average molecular weight is 325 g/mol. The second kappa shape index (κ2) is 7.38. The molecular formula is C15H18ClFN4O. The number of ether oxygens (including phenoxy) is 1. The molecule has 0 fully saturated rings. The lowest BCUT2D eigenvalue weighted by atomic mass is 10.1. The summed E-state index contributed by atoms with van der Waals surface area (Å²) in [4.78, 5) is 10.2. The van der Waals surface area contributed by atoms with Crippen molar-refractivity contribution in [1.29, 1.82) is 0 Å². The summed E-state index contributed by atoms with van der Waals surface area (Å²) in [5.74, 6) is 0.543. The monoisotopic (exact) mass is 324 g/mol. The molecule has 1 aromatic carbocycles. The molecule has 0 aliphatic carbocycles. The van der Waals surface area contributed by atoms with Gasteiger partial charge in [-0.25, -0.2) is 9.37 Å². The zero-order valence-corrected chi connectivity index (χ0v) is 13.4. The van der Waals surface area contributed by atoms with E-state index < -0.39 is 0 Å². The first-order valence-corrected chi connectivity index (χ1v) is 7.12. The van der Waals surface area contributed by atoms with Crippen molar-refractivity contribution in [2.45, 2.75) is 6.04 Å². The number of hydrogen-bond donors (Lipinski definition) is 1. The SMILES string of the molecule is COc1ccnc(NC[C@@H](c2c(F)cccc2Cl)N(C)C)n1. The van der Waals surface area contributed by atoms with Gasteiger partial charge in [-0.05, 0) is 26.2 Å². The Kier molecular flexibility index (Phi) is 5.51. The van der Waals surface area contributed by atoms with Crippen LogP contribution in [0.4, 0.5) is 10.3 Å². The number of benzene rings is 1. The molecule has 2 aromatic rings. The Morgan fingerprint density at radius 2 is 2.14 bits per heavy atom. The van der Waals surface area contributed by atoms with Crippen LogP contribution in [0.1, 0.15) is 11.6 Å². The first-order chi connectivity index (χ1) is 10.5. The van der Waals surface area contributed by atoms with Crippen LogP contribution in [0.5, 0.6) is 5.88 Å². The number of halogens is 2. The van der Waals surface area contributed by atoms with Gasteiger partial charge >= 0.3 is 0 Å². The van der Waals surface area contributed by atoms with Crippen LogP contribution in [-0.2, 0) is 0 Å². The number of hydrogen-bond acceptors (Lipinski definition) is 5. The van der Waals surface area contributed by atoms with Crippen molar-refractivity contribution in [3.05, 3.63) is 46.9 Å². The van der Waals surface area contributed by atoms with E-state index in [9.17, 15) is 4.39 Å². The fraction of sp³-hybridized carbons (Fsp3) is 0.333. The van der Waals surface area contributed by atoms with Crippen LogP contribution in [0, 0.1) is 5.82 Å². The Hall–Kier alpha value is -1.92. The van der Waals surface area contributed by atoms with E-state index in [1.165, 1.54) is 13.2 Å². The molecule has 0 bridgehead atoms. The average Bonchev–Trinajstić information content (AvgIpc) is 2.50. The summed E-state index contributed by atoms with van der Waals surface area (Å²) < 4.78 is 19.2. The molecule has 1 N–H and O–H groups in total. The fourth-order valence-corrected chi connectivity index (χ4v) is 2.39. The largest absolute Gasteiger partial charge is 0.481 e. The zero-order chi connectivity index (χ0) is 16.1. The summed E-state index contributed by atoms with van der Waals surface area (Å²) in [7, 11) is 5.26. The molecule has 5 nitrogen and oxygen atoms in total. The summed E-state index contributed by atoms with van der Waals surface area (Å²) in [5.41, 5.74) is 0.449. The number of nitrogens with zero attached hydrogens (tertiary/aromatic N) is 3. The molecule has 0 aliphatic heterocycles. The molecule has 0 aliphatic rings. The van der Waals surface area contributed by atoms with E-state index in [-0.39, 0.29) is 11.9 Å². The summed E-state index contributed by atoms with van der Waals surface area (Å²) in [5, 5.41) is 3.48. The van der Waals surface area contributed by atoms with Gasteiger partial charge in [0.2, 0.25) is 11.8 Å². The van der Waals surface area contributed by atoms with Gasteiger partial charge in [0, 0.05) is 29.4 Å². The van der Waals surface area contributed by atoms with Crippen molar-refractivity contribution in [3.63, 3.8) is 0 Å². The maximum atomic E-state index is 14.1. The van der Waals surface area contributed by atoms with Crippen LogP contribution in [0.25, 0.3) is 0 Å². The molecule has 1 heterocycles. The third-order valence-corrected chi connectivity index (χ3v) is 3.58. The third kappa shape index (κ3) is 3.84. The van der Waals surface area contributed by atoms with Gasteiger partial charge in [0.15, 0.2) is 0 Å². The Labute approximate surface area is 134 Å². The third-order valence-electron chi connectivity index (χ3n) is 3.25. The van der Waals surface area contributed by atoms with Crippen molar-refractivity contribution in [3.8, 4) is 5.88 Å². The van der Waals surface area contributed by atoms with Gasteiger partial charge in [0.1, 0.15) is 5.82 Å². The zero-order valence-electron chi connectivity index (χ0n) is 12.7. The Morgan fingerprint density at radius 1 is 1.36 bits per heavy atom. The molecule has 2 rings (SSSR count). The molecule has 118 valence electrons. The van der Waals surface area contributed by atoms with Crippen molar-refractivity contribution in [1.82, 2.24) is 14.9 Å². The first kappa shape index (κ1) is 16.5. The molecule has 1 aromatic heterocycles. The van der Waals surface area contributed by atoms with Crippen molar-refractivity contribution >= 4 is 17.5 Å². The smallest absolute Gasteiger partial charge is 0.226 e. The van der Waals surface area contributed by atoms with E-state index in [0.29, 0.717) is 29.0 Å². The Balaban J connectivity index is 2.19. The van der Waals surface area contributed by atoms with Gasteiger partial charge in [-0.3, -0.25) is 0 Å². The molecule has 0 unspecified atom stereocenters. The summed E-state index contributed by atoms with van der Waals surface area (Å²) >= 11 is 6.15. The minimum absolute atomic E-state index is 0.261. The van der Waals surface area contributed by atoms with Crippen LogP contribution in [0.2, 0.25) is 5.02 Å². The van der Waals surface area contributed by atoms with E-state index in [1.54, 1.807) is 24.4 Å². The van der Waals surface area contributed by atoms with E-state index in [4.69, 9.17) is 16.3 Å². The minimum atomic E-state index is -0.334. The van der Waals surface area contributed by atoms with Gasteiger partial charge < -0.3 is 15.0 Å². The molecular weight excluding hydrogens is 307 g/mol. The van der Waals surface area contributed by atoms with E-state index in [2.05, 4.69) is 15.3 Å². The summed E-state index contributed by atoms with van der Waals surface area (Å²) in [6, 6.07) is 6.07. The number of likely N-dealkylation sites (N-methyl/N-ethyl adjacent to an activating group) is 1. The standard InChI is InChI=1S/C15H18ClFN4O/c1-21(2)12(14-10(16)5-4-6-11(14)17)9-19-15-18-8-7-13(20-15)22-3/h4-8,12H,9H2,1-3H3,(H,18,19,20)/t12-/m0/s1. The lowest BCUT2D eigenvalue weighted by Gasteiger charge is -2.26. The quantitative estimate of drug-likeness (QED) is 0.885. The van der Waals surface area contributed by atoms with Crippen LogP contribution < -0.4 is 10.1 Å². The highest BCUT2D eigenvalue weighted by molar-refractivity contribution is 6.31. The summed E-state index contributed by atoms with van der Waals surface area (Å²) in [6.07, 6.45) is 1.59. The van der Waals surface area contributed by atoms with E-state index >= 15 is 0 Å². The van der Waals surface area contributed by atoms with Gasteiger partial charge in [-0.2, -0.15) is 4.98 Å². The van der Waals surface area contributed by atoms with Crippen molar-refractivity contribution in [2.24, 2.45) is 0 Å². The molecule has 0 radical (unpaired) electrons. The fourth-order valence-electron chi connectivity index (χ4n) is 2.10. The number of methoxy groups -OCH3 is 1.